The molecule has 0 aliphatic heterocycles. The van der Waals surface area contributed by atoms with E-state index in [-0.39, 0.29) is 5.43 Å². The zero-order valence-electron chi connectivity index (χ0n) is 11.7. The maximum atomic E-state index is 12.2. The van der Waals surface area contributed by atoms with Crippen molar-refractivity contribution in [2.75, 3.05) is 7.11 Å². The lowest BCUT2D eigenvalue weighted by molar-refractivity contribution is -0.120. The summed E-state index contributed by atoms with van der Waals surface area (Å²) >= 11 is 0. The molecule has 0 N–H and O–H groups in total. The van der Waals surface area contributed by atoms with Crippen molar-refractivity contribution in [1.82, 2.24) is 0 Å². The molecule has 0 unspecified atom stereocenters. The standard InChI is InChI=1S/C17H12O5/c1-20-12-4-2-11(3-5-12)17-9-15(19)14-8-13(21-10-18)6-7-16(14)22-17/h2-10H,1H3. The van der Waals surface area contributed by atoms with E-state index in [4.69, 9.17) is 13.9 Å². The van der Waals surface area contributed by atoms with E-state index in [0.29, 0.717) is 29.0 Å². The van der Waals surface area contributed by atoms with Crippen LogP contribution in [0.2, 0.25) is 0 Å². The summed E-state index contributed by atoms with van der Waals surface area (Å²) in [6.45, 7) is 0.314. The highest BCUT2D eigenvalue weighted by Gasteiger charge is 2.08. The number of methoxy groups -OCH3 is 1. The Morgan fingerprint density at radius 2 is 1.73 bits per heavy atom. The van der Waals surface area contributed by atoms with Gasteiger partial charge >= 0.3 is 0 Å². The van der Waals surface area contributed by atoms with Crippen molar-refractivity contribution >= 4 is 17.4 Å². The van der Waals surface area contributed by atoms with Crippen LogP contribution in [-0.4, -0.2) is 13.6 Å². The van der Waals surface area contributed by atoms with Gasteiger partial charge in [-0.05, 0) is 42.5 Å². The first-order valence-electron chi connectivity index (χ1n) is 6.54. The Kier molecular flexibility index (Phi) is 3.62. The zero-order chi connectivity index (χ0) is 15.5. The summed E-state index contributed by atoms with van der Waals surface area (Å²) in [6.07, 6.45) is 0. The van der Waals surface area contributed by atoms with Gasteiger partial charge in [0, 0.05) is 11.6 Å². The summed E-state index contributed by atoms with van der Waals surface area (Å²) < 4.78 is 15.6. The Balaban J connectivity index is 2.10. The molecule has 1 heterocycles. The second-order valence-corrected chi connectivity index (χ2v) is 4.58. The Morgan fingerprint density at radius 1 is 1.00 bits per heavy atom. The number of carbonyl (C=O) groups excluding carboxylic acids is 1. The van der Waals surface area contributed by atoms with Crippen LogP contribution in [0.4, 0.5) is 0 Å². The average Bonchev–Trinajstić information content (AvgIpc) is 2.55. The molecule has 0 spiro atoms. The van der Waals surface area contributed by atoms with Crippen molar-refractivity contribution in [3.8, 4) is 22.8 Å². The largest absolute Gasteiger partial charge is 0.497 e. The van der Waals surface area contributed by atoms with Crippen LogP contribution < -0.4 is 14.9 Å². The number of carbonyl (C=O) groups is 1. The molecule has 0 atom stereocenters. The van der Waals surface area contributed by atoms with Gasteiger partial charge in [-0.1, -0.05) is 0 Å². The fourth-order valence-electron chi connectivity index (χ4n) is 2.16. The van der Waals surface area contributed by atoms with Crippen molar-refractivity contribution < 1.29 is 18.7 Å². The number of benzene rings is 2. The SMILES string of the molecule is COc1ccc(-c2cc(=O)c3cc(OC=O)ccc3o2)cc1. The van der Waals surface area contributed by atoms with E-state index in [1.54, 1.807) is 31.4 Å². The normalized spacial score (nSPS) is 10.4. The molecule has 0 bridgehead atoms. The molecule has 0 aliphatic carbocycles. The molecule has 0 saturated carbocycles. The molecule has 0 radical (unpaired) electrons. The summed E-state index contributed by atoms with van der Waals surface area (Å²) in [4.78, 5) is 22.6. The van der Waals surface area contributed by atoms with Crippen LogP contribution in [0.25, 0.3) is 22.3 Å². The third-order valence-electron chi connectivity index (χ3n) is 3.26. The van der Waals surface area contributed by atoms with Gasteiger partial charge in [-0.3, -0.25) is 9.59 Å². The lowest BCUT2D eigenvalue weighted by Gasteiger charge is -2.05. The molecule has 5 heteroatoms. The van der Waals surface area contributed by atoms with Crippen molar-refractivity contribution in [2.24, 2.45) is 0 Å². The lowest BCUT2D eigenvalue weighted by Crippen LogP contribution is -2.01. The van der Waals surface area contributed by atoms with Gasteiger partial charge in [0.2, 0.25) is 0 Å². The number of ether oxygens (including phenoxy) is 2. The van der Waals surface area contributed by atoms with Crippen LogP contribution >= 0.6 is 0 Å². The summed E-state index contributed by atoms with van der Waals surface area (Å²) in [5.41, 5.74) is 0.994. The van der Waals surface area contributed by atoms with Gasteiger partial charge < -0.3 is 13.9 Å². The minimum Gasteiger partial charge on any atom is -0.497 e. The highest BCUT2D eigenvalue weighted by molar-refractivity contribution is 5.80. The minimum absolute atomic E-state index is 0.205. The molecule has 0 saturated heterocycles. The van der Waals surface area contributed by atoms with Gasteiger partial charge in [-0.2, -0.15) is 0 Å². The molecule has 1 aromatic heterocycles. The van der Waals surface area contributed by atoms with Crippen molar-refractivity contribution in [2.45, 2.75) is 0 Å². The number of fused-ring (bicyclic) bond motifs is 1. The number of hydrogen-bond acceptors (Lipinski definition) is 5. The summed E-state index contributed by atoms with van der Waals surface area (Å²) in [7, 11) is 1.59. The molecule has 22 heavy (non-hydrogen) atoms. The maximum absolute atomic E-state index is 12.2. The number of hydrogen-bond donors (Lipinski definition) is 0. The first kappa shape index (κ1) is 13.9. The van der Waals surface area contributed by atoms with E-state index < -0.39 is 0 Å². The second-order valence-electron chi connectivity index (χ2n) is 4.58. The highest BCUT2D eigenvalue weighted by atomic mass is 16.5. The second kappa shape index (κ2) is 5.73. The van der Waals surface area contributed by atoms with E-state index in [2.05, 4.69) is 0 Å². The molecule has 3 rings (SSSR count). The van der Waals surface area contributed by atoms with E-state index in [1.165, 1.54) is 12.1 Å². The minimum atomic E-state index is -0.205. The topological polar surface area (TPSA) is 65.7 Å². The molecule has 0 amide bonds. The van der Waals surface area contributed by atoms with E-state index >= 15 is 0 Å². The molecule has 3 aromatic rings. The fraction of sp³-hybridized carbons (Fsp3) is 0.0588. The Bertz CT molecular complexity index is 878. The fourth-order valence-corrected chi connectivity index (χ4v) is 2.16. The highest BCUT2D eigenvalue weighted by Crippen LogP contribution is 2.25. The monoisotopic (exact) mass is 296 g/mol. The van der Waals surface area contributed by atoms with Crippen LogP contribution in [0.1, 0.15) is 0 Å². The Hall–Kier alpha value is -3.08. The van der Waals surface area contributed by atoms with Crippen molar-refractivity contribution in [1.29, 1.82) is 0 Å². The molecule has 2 aromatic carbocycles. The predicted molar refractivity (Wildman–Crippen MR) is 81.2 cm³/mol. The van der Waals surface area contributed by atoms with E-state index in [0.717, 1.165) is 11.3 Å². The molecule has 0 aliphatic rings. The Labute approximate surface area is 125 Å². The molecular formula is C17H12O5. The molecule has 0 fully saturated rings. The first-order valence-corrected chi connectivity index (χ1v) is 6.54. The Morgan fingerprint density at radius 3 is 2.41 bits per heavy atom. The van der Waals surface area contributed by atoms with E-state index in [1.807, 2.05) is 12.1 Å². The summed E-state index contributed by atoms with van der Waals surface area (Å²) in [5.74, 6) is 1.48. The van der Waals surface area contributed by atoms with E-state index in [9.17, 15) is 9.59 Å². The number of rotatable bonds is 4. The third-order valence-corrected chi connectivity index (χ3v) is 3.26. The van der Waals surface area contributed by atoms with Gasteiger partial charge in [-0.25, -0.2) is 0 Å². The van der Waals surface area contributed by atoms with Crippen molar-refractivity contribution in [3.63, 3.8) is 0 Å². The zero-order valence-corrected chi connectivity index (χ0v) is 11.7. The van der Waals surface area contributed by atoms with Gasteiger partial charge in [0.25, 0.3) is 6.47 Å². The van der Waals surface area contributed by atoms with Crippen LogP contribution in [0.15, 0.2) is 57.7 Å². The summed E-state index contributed by atoms with van der Waals surface area (Å²) in [5, 5.41) is 0.358. The smallest absolute Gasteiger partial charge is 0.298 e. The molecule has 5 nitrogen and oxygen atoms in total. The molecule has 110 valence electrons. The summed E-state index contributed by atoms with van der Waals surface area (Å²) in [6, 6.07) is 13.3. The third kappa shape index (κ3) is 2.56. The van der Waals surface area contributed by atoms with Crippen LogP contribution in [-0.2, 0) is 4.79 Å². The van der Waals surface area contributed by atoms with Crippen LogP contribution in [0, 0.1) is 0 Å². The van der Waals surface area contributed by atoms with Crippen LogP contribution in [0.5, 0.6) is 11.5 Å². The van der Waals surface area contributed by atoms with Gasteiger partial charge in [0.05, 0.1) is 12.5 Å². The van der Waals surface area contributed by atoms with Gasteiger partial charge in [-0.15, -0.1) is 0 Å². The average molecular weight is 296 g/mol. The molecular weight excluding hydrogens is 284 g/mol. The first-order chi connectivity index (χ1) is 10.7. The quantitative estimate of drug-likeness (QED) is 0.692. The van der Waals surface area contributed by atoms with Gasteiger partial charge in [0.15, 0.2) is 5.43 Å². The van der Waals surface area contributed by atoms with Crippen LogP contribution in [0.3, 0.4) is 0 Å². The predicted octanol–water partition coefficient (Wildman–Crippen LogP) is 3.00. The van der Waals surface area contributed by atoms with Crippen molar-refractivity contribution in [3.05, 3.63) is 58.8 Å². The maximum Gasteiger partial charge on any atom is 0.298 e. The lowest BCUT2D eigenvalue weighted by atomic mass is 10.1. The van der Waals surface area contributed by atoms with Gasteiger partial charge in [0.1, 0.15) is 22.8 Å².